The number of aromatic nitrogens is 1. The molecule has 2 aliphatic rings. The van der Waals surface area contributed by atoms with Crippen molar-refractivity contribution in [2.45, 2.75) is 37.8 Å². The summed E-state index contributed by atoms with van der Waals surface area (Å²) in [5.74, 6) is -0.637. The van der Waals surface area contributed by atoms with Gasteiger partial charge in [0.05, 0.1) is 17.9 Å². The molecule has 2 heterocycles. The second-order valence-corrected chi connectivity index (χ2v) is 9.51. The van der Waals surface area contributed by atoms with E-state index in [9.17, 15) is 18.0 Å². The molecule has 27 heavy (non-hydrogen) atoms. The van der Waals surface area contributed by atoms with Crippen LogP contribution in [-0.4, -0.2) is 60.4 Å². The van der Waals surface area contributed by atoms with Crippen molar-refractivity contribution < 1.29 is 22.7 Å². The van der Waals surface area contributed by atoms with Crippen LogP contribution in [-0.2, 0) is 30.6 Å². The van der Waals surface area contributed by atoms with E-state index in [0.29, 0.717) is 6.42 Å². The quantitative estimate of drug-likeness (QED) is 0.753. The summed E-state index contributed by atoms with van der Waals surface area (Å²) in [7, 11) is -3.07. The number of amides is 1. The van der Waals surface area contributed by atoms with Gasteiger partial charge in [-0.3, -0.25) is 9.59 Å². The number of hydrogen-bond acceptors (Lipinski definition) is 5. The molecule has 2 fully saturated rings. The molecule has 1 atom stereocenters. The summed E-state index contributed by atoms with van der Waals surface area (Å²) < 4.78 is 28.7. The first-order valence-corrected chi connectivity index (χ1v) is 11.0. The van der Waals surface area contributed by atoms with Gasteiger partial charge >= 0.3 is 5.97 Å². The molecule has 1 saturated carbocycles. The molecule has 1 amide bonds. The minimum atomic E-state index is -3.07. The summed E-state index contributed by atoms with van der Waals surface area (Å²) >= 11 is 0. The molecule has 0 unspecified atom stereocenters. The zero-order valence-electron chi connectivity index (χ0n) is 14.9. The van der Waals surface area contributed by atoms with E-state index in [0.717, 1.165) is 29.3 Å². The van der Waals surface area contributed by atoms with Crippen LogP contribution in [0, 0.1) is 0 Å². The van der Waals surface area contributed by atoms with E-state index in [1.807, 2.05) is 24.3 Å². The third-order valence-corrected chi connectivity index (χ3v) is 6.95. The molecule has 8 heteroatoms. The number of hydrogen-bond donors (Lipinski definition) is 1. The van der Waals surface area contributed by atoms with Crippen LogP contribution in [0.1, 0.15) is 24.8 Å². The first-order chi connectivity index (χ1) is 12.9. The molecule has 1 aliphatic carbocycles. The lowest BCUT2D eigenvalue weighted by Crippen LogP contribution is -2.44. The third-order valence-electron chi connectivity index (χ3n) is 5.20. The number of carbonyl (C=O) groups excluding carboxylic acids is 2. The molecule has 1 saturated heterocycles. The van der Waals surface area contributed by atoms with Gasteiger partial charge in [-0.25, -0.2) is 8.42 Å². The van der Waals surface area contributed by atoms with Gasteiger partial charge in [0, 0.05) is 29.2 Å². The SMILES string of the molecule is O=C(Cc1c[nH]c2ccccc12)OCC(=O)N(C1CC1)[C@@H]1CCS(=O)(=O)C1. The van der Waals surface area contributed by atoms with E-state index >= 15 is 0 Å². The number of para-hydroxylation sites is 1. The van der Waals surface area contributed by atoms with Crippen molar-refractivity contribution in [3.63, 3.8) is 0 Å². The van der Waals surface area contributed by atoms with E-state index in [4.69, 9.17) is 4.74 Å². The summed E-state index contributed by atoms with van der Waals surface area (Å²) in [6, 6.07) is 7.46. The smallest absolute Gasteiger partial charge is 0.310 e. The fraction of sp³-hybridized carbons (Fsp3) is 0.474. The Labute approximate surface area is 157 Å². The number of rotatable bonds is 6. The normalized spacial score (nSPS) is 21.3. The zero-order valence-corrected chi connectivity index (χ0v) is 15.7. The van der Waals surface area contributed by atoms with Crippen LogP contribution in [0.2, 0.25) is 0 Å². The Bertz CT molecular complexity index is 977. The van der Waals surface area contributed by atoms with Crippen molar-refractivity contribution in [2.75, 3.05) is 18.1 Å². The Kier molecular flexibility index (Phi) is 4.67. The van der Waals surface area contributed by atoms with Crippen molar-refractivity contribution >= 4 is 32.6 Å². The predicted octanol–water partition coefficient (Wildman–Crippen LogP) is 1.43. The number of aromatic amines is 1. The molecule has 0 bridgehead atoms. The number of fused-ring (bicyclic) bond motifs is 1. The summed E-state index contributed by atoms with van der Waals surface area (Å²) in [4.78, 5) is 29.5. The average Bonchev–Trinajstić information content (AvgIpc) is 3.29. The molecular weight excluding hydrogens is 368 g/mol. The fourth-order valence-electron chi connectivity index (χ4n) is 3.75. The van der Waals surface area contributed by atoms with Crippen molar-refractivity contribution in [2.24, 2.45) is 0 Å². The monoisotopic (exact) mass is 390 g/mol. The predicted molar refractivity (Wildman–Crippen MR) is 99.9 cm³/mol. The lowest BCUT2D eigenvalue weighted by atomic mass is 10.1. The van der Waals surface area contributed by atoms with E-state index < -0.39 is 15.8 Å². The fourth-order valence-corrected chi connectivity index (χ4v) is 5.47. The van der Waals surface area contributed by atoms with Gasteiger partial charge < -0.3 is 14.6 Å². The van der Waals surface area contributed by atoms with Gasteiger partial charge in [-0.15, -0.1) is 0 Å². The highest BCUT2D eigenvalue weighted by Gasteiger charge is 2.42. The summed E-state index contributed by atoms with van der Waals surface area (Å²) in [5.41, 5.74) is 1.77. The molecule has 1 N–H and O–H groups in total. The van der Waals surface area contributed by atoms with Crippen molar-refractivity contribution in [3.8, 4) is 0 Å². The number of sulfone groups is 1. The maximum atomic E-state index is 12.6. The second kappa shape index (κ2) is 6.99. The van der Waals surface area contributed by atoms with E-state index in [1.165, 1.54) is 0 Å². The number of carbonyl (C=O) groups is 2. The third kappa shape index (κ3) is 4.00. The van der Waals surface area contributed by atoms with Gasteiger partial charge in [-0.2, -0.15) is 0 Å². The van der Waals surface area contributed by atoms with Crippen LogP contribution in [0.4, 0.5) is 0 Å². The average molecular weight is 390 g/mol. The Morgan fingerprint density at radius 1 is 1.15 bits per heavy atom. The molecule has 4 rings (SSSR count). The Balaban J connectivity index is 1.35. The maximum absolute atomic E-state index is 12.6. The van der Waals surface area contributed by atoms with Crippen molar-refractivity contribution in [1.29, 1.82) is 0 Å². The van der Waals surface area contributed by atoms with Gasteiger partial charge in [-0.05, 0) is 30.9 Å². The van der Waals surface area contributed by atoms with Gasteiger partial charge in [-0.1, -0.05) is 18.2 Å². The lowest BCUT2D eigenvalue weighted by Gasteiger charge is -2.28. The first-order valence-electron chi connectivity index (χ1n) is 9.15. The summed E-state index contributed by atoms with van der Waals surface area (Å²) in [5, 5.41) is 0.955. The van der Waals surface area contributed by atoms with Crippen LogP contribution in [0.5, 0.6) is 0 Å². The largest absolute Gasteiger partial charge is 0.455 e. The van der Waals surface area contributed by atoms with Gasteiger partial charge in [0.1, 0.15) is 0 Å². The summed E-state index contributed by atoms with van der Waals surface area (Å²) in [6.45, 7) is -0.339. The number of nitrogens with zero attached hydrogens (tertiary/aromatic N) is 1. The Morgan fingerprint density at radius 2 is 1.93 bits per heavy atom. The maximum Gasteiger partial charge on any atom is 0.310 e. The molecule has 1 aromatic heterocycles. The number of ether oxygens (including phenoxy) is 1. The molecular formula is C19H22N2O5S. The van der Waals surface area contributed by atoms with Gasteiger partial charge in [0.2, 0.25) is 0 Å². The molecule has 1 aliphatic heterocycles. The van der Waals surface area contributed by atoms with E-state index in [2.05, 4.69) is 4.98 Å². The zero-order chi connectivity index (χ0) is 19.0. The standard InChI is InChI=1S/C19H22N2O5S/c22-18(21(14-5-6-14)15-7-8-27(24,25)12-15)11-26-19(23)9-13-10-20-17-4-2-1-3-16(13)17/h1-4,10,14-15,20H,5-9,11-12H2/t15-/m1/s1. The highest BCUT2D eigenvalue weighted by atomic mass is 32.2. The molecule has 2 aromatic rings. The van der Waals surface area contributed by atoms with Crippen LogP contribution in [0.3, 0.4) is 0 Å². The van der Waals surface area contributed by atoms with E-state index in [-0.39, 0.29) is 42.5 Å². The van der Waals surface area contributed by atoms with Gasteiger partial charge in [0.25, 0.3) is 5.91 Å². The van der Waals surface area contributed by atoms with Crippen LogP contribution < -0.4 is 0 Å². The molecule has 7 nitrogen and oxygen atoms in total. The molecule has 1 aromatic carbocycles. The number of esters is 1. The number of nitrogens with one attached hydrogen (secondary N) is 1. The molecule has 0 spiro atoms. The molecule has 144 valence electrons. The Hall–Kier alpha value is -2.35. The number of benzene rings is 1. The van der Waals surface area contributed by atoms with Crippen molar-refractivity contribution in [3.05, 3.63) is 36.0 Å². The number of H-pyrrole nitrogens is 1. The van der Waals surface area contributed by atoms with E-state index in [1.54, 1.807) is 11.1 Å². The Morgan fingerprint density at radius 3 is 2.63 bits per heavy atom. The minimum Gasteiger partial charge on any atom is -0.455 e. The topological polar surface area (TPSA) is 96.5 Å². The molecule has 0 radical (unpaired) electrons. The lowest BCUT2D eigenvalue weighted by molar-refractivity contribution is -0.152. The van der Waals surface area contributed by atoms with Crippen LogP contribution in [0.15, 0.2) is 30.5 Å². The van der Waals surface area contributed by atoms with Crippen LogP contribution in [0.25, 0.3) is 10.9 Å². The first kappa shape index (κ1) is 18.0. The van der Waals surface area contributed by atoms with Crippen LogP contribution >= 0.6 is 0 Å². The van der Waals surface area contributed by atoms with Gasteiger partial charge in [0.15, 0.2) is 16.4 Å². The highest BCUT2D eigenvalue weighted by Crippen LogP contribution is 2.32. The minimum absolute atomic E-state index is 0.0124. The highest BCUT2D eigenvalue weighted by molar-refractivity contribution is 7.91. The summed E-state index contributed by atoms with van der Waals surface area (Å²) in [6.07, 6.45) is 4.08. The second-order valence-electron chi connectivity index (χ2n) is 7.29. The van der Waals surface area contributed by atoms with Crippen molar-refractivity contribution in [1.82, 2.24) is 9.88 Å².